The summed E-state index contributed by atoms with van der Waals surface area (Å²) in [6.07, 6.45) is 1.43. The van der Waals surface area contributed by atoms with E-state index in [1.165, 1.54) is 12.1 Å². The molecule has 4 amide bonds. The third kappa shape index (κ3) is 7.70. The van der Waals surface area contributed by atoms with Crippen molar-refractivity contribution in [3.05, 3.63) is 103 Å². The Hall–Kier alpha value is -3.79. The molecule has 214 valence electrons. The van der Waals surface area contributed by atoms with Gasteiger partial charge in [-0.3, -0.25) is 9.59 Å². The molecule has 0 saturated heterocycles. The predicted molar refractivity (Wildman–Crippen MR) is 157 cm³/mol. The minimum Gasteiger partial charge on any atom is -0.480 e. The molecule has 0 aliphatic heterocycles. The zero-order chi connectivity index (χ0) is 29.7. The van der Waals surface area contributed by atoms with Gasteiger partial charge in [-0.1, -0.05) is 70.7 Å². The Morgan fingerprint density at radius 1 is 0.951 bits per heavy atom. The van der Waals surface area contributed by atoms with Gasteiger partial charge in [0.1, 0.15) is 6.04 Å². The molecule has 5 N–H and O–H groups in total. The van der Waals surface area contributed by atoms with Crippen LogP contribution in [-0.4, -0.2) is 41.5 Å². The van der Waals surface area contributed by atoms with Crippen LogP contribution in [0.2, 0.25) is 15.1 Å². The lowest BCUT2D eigenvalue weighted by atomic mass is 10.1. The van der Waals surface area contributed by atoms with Crippen LogP contribution in [0.5, 0.6) is 0 Å². The van der Waals surface area contributed by atoms with Crippen molar-refractivity contribution in [2.24, 2.45) is 0 Å². The number of nitrogens with one attached hydrogen (secondary N) is 4. The van der Waals surface area contributed by atoms with Crippen LogP contribution in [0.4, 0.5) is 4.79 Å². The van der Waals surface area contributed by atoms with Gasteiger partial charge >= 0.3 is 12.0 Å². The highest BCUT2D eigenvalue weighted by molar-refractivity contribution is 6.40. The number of hydrogen-bond donors (Lipinski definition) is 5. The summed E-state index contributed by atoms with van der Waals surface area (Å²) in [5.41, 5.74) is 3.89. The molecule has 2 atom stereocenters. The Kier molecular flexibility index (Phi) is 9.75. The summed E-state index contributed by atoms with van der Waals surface area (Å²) in [6.45, 7) is 1.82. The van der Waals surface area contributed by atoms with E-state index in [0.29, 0.717) is 11.4 Å². The van der Waals surface area contributed by atoms with Gasteiger partial charge in [0.05, 0.1) is 28.2 Å². The van der Waals surface area contributed by atoms with E-state index in [-0.39, 0.29) is 33.8 Å². The summed E-state index contributed by atoms with van der Waals surface area (Å²) in [4.78, 5) is 49.9. The number of aliphatic carboxylic acids is 1. The largest absolute Gasteiger partial charge is 0.480 e. The van der Waals surface area contributed by atoms with Gasteiger partial charge in [0.25, 0.3) is 11.8 Å². The second kappa shape index (κ2) is 13.2. The summed E-state index contributed by atoms with van der Waals surface area (Å²) in [7, 11) is 0. The number of fused-ring (bicyclic) bond motifs is 1. The van der Waals surface area contributed by atoms with Crippen molar-refractivity contribution in [1.29, 1.82) is 0 Å². The number of hydrogen-bond acceptors (Lipinski definition) is 4. The number of carbonyl (C=O) groups is 4. The maximum atomic E-state index is 12.9. The predicted octanol–water partition coefficient (Wildman–Crippen LogP) is 5.05. The molecular formula is C29H27Cl3N4O5. The Bertz CT molecular complexity index is 1490. The van der Waals surface area contributed by atoms with Gasteiger partial charge in [0.2, 0.25) is 0 Å². The first-order valence-corrected chi connectivity index (χ1v) is 13.8. The van der Waals surface area contributed by atoms with Crippen LogP contribution in [0.3, 0.4) is 0 Å². The van der Waals surface area contributed by atoms with E-state index >= 15 is 0 Å². The van der Waals surface area contributed by atoms with Gasteiger partial charge < -0.3 is 26.4 Å². The highest BCUT2D eigenvalue weighted by Crippen LogP contribution is 2.32. The van der Waals surface area contributed by atoms with E-state index in [2.05, 4.69) is 21.3 Å². The molecule has 0 bridgehead atoms. The van der Waals surface area contributed by atoms with Gasteiger partial charge in [-0.25, -0.2) is 9.59 Å². The number of carboxylic acid groups (broad SMARTS) is 1. The number of rotatable bonds is 9. The van der Waals surface area contributed by atoms with Crippen molar-refractivity contribution in [2.75, 3.05) is 6.54 Å². The molecule has 0 spiro atoms. The van der Waals surface area contributed by atoms with E-state index in [1.807, 2.05) is 43.3 Å². The molecule has 12 heteroatoms. The molecule has 0 heterocycles. The van der Waals surface area contributed by atoms with Crippen LogP contribution in [0.25, 0.3) is 0 Å². The Morgan fingerprint density at radius 2 is 1.68 bits per heavy atom. The summed E-state index contributed by atoms with van der Waals surface area (Å²) in [5, 5.41) is 20.4. The van der Waals surface area contributed by atoms with Crippen LogP contribution < -0.4 is 21.3 Å². The van der Waals surface area contributed by atoms with Crippen molar-refractivity contribution in [3.63, 3.8) is 0 Å². The summed E-state index contributed by atoms with van der Waals surface area (Å²) in [6, 6.07) is 13.3. The molecule has 41 heavy (non-hydrogen) atoms. The molecule has 4 rings (SSSR count). The first-order valence-electron chi connectivity index (χ1n) is 12.7. The zero-order valence-corrected chi connectivity index (χ0v) is 24.2. The topological polar surface area (TPSA) is 137 Å². The number of aryl methyl sites for hydroxylation is 2. The van der Waals surface area contributed by atoms with E-state index < -0.39 is 36.4 Å². The van der Waals surface area contributed by atoms with Crippen LogP contribution >= 0.6 is 34.8 Å². The summed E-state index contributed by atoms with van der Waals surface area (Å²) in [5.74, 6) is -2.70. The molecule has 0 saturated carbocycles. The lowest BCUT2D eigenvalue weighted by Crippen LogP contribution is -2.50. The van der Waals surface area contributed by atoms with Crippen LogP contribution in [0.1, 0.15) is 55.4 Å². The number of carboxylic acids is 1. The second-order valence-corrected chi connectivity index (χ2v) is 10.9. The summed E-state index contributed by atoms with van der Waals surface area (Å²) >= 11 is 18.6. The molecule has 1 aliphatic carbocycles. The molecule has 1 aliphatic rings. The number of urea groups is 1. The van der Waals surface area contributed by atoms with E-state index in [4.69, 9.17) is 34.8 Å². The van der Waals surface area contributed by atoms with Gasteiger partial charge in [-0.05, 0) is 60.7 Å². The average Bonchev–Trinajstić information content (AvgIpc) is 3.30. The fourth-order valence-electron chi connectivity index (χ4n) is 4.60. The number of halogens is 3. The minimum atomic E-state index is -1.48. The molecular weight excluding hydrogens is 591 g/mol. The third-order valence-electron chi connectivity index (χ3n) is 6.63. The SMILES string of the molecule is Cc1cccc(CNC(=O)c2cc(Cl)c(C(=O)NC(CNC(=O)NC3CCc4cc(Cl)ccc43)C(=O)O)c(Cl)c2)c1. The highest BCUT2D eigenvalue weighted by Gasteiger charge is 2.27. The van der Waals surface area contributed by atoms with E-state index in [1.54, 1.807) is 6.07 Å². The van der Waals surface area contributed by atoms with E-state index in [9.17, 15) is 24.3 Å². The fourth-order valence-corrected chi connectivity index (χ4v) is 5.45. The molecule has 0 aromatic heterocycles. The molecule has 3 aromatic carbocycles. The molecule has 0 radical (unpaired) electrons. The van der Waals surface area contributed by atoms with Crippen molar-refractivity contribution >= 4 is 58.6 Å². The highest BCUT2D eigenvalue weighted by atomic mass is 35.5. The normalized spacial score (nSPS) is 14.5. The van der Waals surface area contributed by atoms with Gasteiger partial charge in [0, 0.05) is 17.1 Å². The van der Waals surface area contributed by atoms with E-state index in [0.717, 1.165) is 28.7 Å². The minimum absolute atomic E-state index is 0.132. The van der Waals surface area contributed by atoms with Crippen molar-refractivity contribution in [3.8, 4) is 0 Å². The standard InChI is InChI=1S/C29H27Cl3N4O5/c1-15-3-2-4-16(9-15)13-33-26(37)18-11-21(31)25(22(32)12-18)27(38)35-24(28(39)40)14-34-29(41)36-23-8-5-17-10-19(30)6-7-20(17)23/h2-4,6-7,9-12,23-24H,5,8,13-14H2,1H3,(H,33,37)(H,35,38)(H,39,40)(H2,34,36,41). The first kappa shape index (κ1) is 30.2. The van der Waals surface area contributed by atoms with Crippen molar-refractivity contribution in [2.45, 2.75) is 38.4 Å². The first-order chi connectivity index (χ1) is 19.5. The van der Waals surface area contributed by atoms with Gasteiger partial charge in [-0.2, -0.15) is 0 Å². The second-order valence-electron chi connectivity index (χ2n) is 9.64. The zero-order valence-electron chi connectivity index (χ0n) is 21.9. The summed E-state index contributed by atoms with van der Waals surface area (Å²) < 4.78 is 0. The van der Waals surface area contributed by atoms with Gasteiger partial charge in [0.15, 0.2) is 0 Å². The molecule has 9 nitrogen and oxygen atoms in total. The lowest BCUT2D eigenvalue weighted by molar-refractivity contribution is -0.139. The smallest absolute Gasteiger partial charge is 0.328 e. The maximum absolute atomic E-state index is 12.9. The Morgan fingerprint density at radius 3 is 2.37 bits per heavy atom. The number of amides is 4. The van der Waals surface area contributed by atoms with Crippen molar-refractivity contribution < 1.29 is 24.3 Å². The lowest BCUT2D eigenvalue weighted by Gasteiger charge is -2.19. The maximum Gasteiger partial charge on any atom is 0.328 e. The fraction of sp³-hybridized carbons (Fsp3) is 0.241. The van der Waals surface area contributed by atoms with Crippen LogP contribution in [0.15, 0.2) is 54.6 Å². The quantitative estimate of drug-likeness (QED) is 0.229. The van der Waals surface area contributed by atoms with Crippen LogP contribution in [0, 0.1) is 6.92 Å². The average molecular weight is 618 g/mol. The Balaban J connectivity index is 1.35. The molecule has 0 fully saturated rings. The molecule has 2 unspecified atom stereocenters. The van der Waals surface area contributed by atoms with Crippen molar-refractivity contribution in [1.82, 2.24) is 21.3 Å². The van der Waals surface area contributed by atoms with Gasteiger partial charge in [-0.15, -0.1) is 0 Å². The third-order valence-corrected chi connectivity index (χ3v) is 7.46. The number of benzene rings is 3. The van der Waals surface area contributed by atoms with Crippen LogP contribution in [-0.2, 0) is 17.8 Å². The number of carbonyl (C=O) groups excluding carboxylic acids is 3. The molecule has 3 aromatic rings. The monoisotopic (exact) mass is 616 g/mol. The Labute approximate surface area is 251 Å².